The lowest BCUT2D eigenvalue weighted by Crippen LogP contribution is -2.28. The van der Waals surface area contributed by atoms with Gasteiger partial charge in [-0.25, -0.2) is 4.98 Å². The van der Waals surface area contributed by atoms with Crippen LogP contribution in [0.2, 0.25) is 0 Å². The molecule has 0 aliphatic carbocycles. The van der Waals surface area contributed by atoms with Gasteiger partial charge in [0.1, 0.15) is 0 Å². The molecule has 0 aliphatic heterocycles. The molecule has 264 valence electrons. The fourth-order valence-electron chi connectivity index (χ4n) is 6.05. The zero-order valence-corrected chi connectivity index (χ0v) is 31.8. The lowest BCUT2D eigenvalue weighted by Gasteiger charge is -2.23. The molecule has 0 spiro atoms. The number of unbranched alkanes of at least 4 members (excludes halogenated alkanes) is 16. The van der Waals surface area contributed by atoms with Crippen LogP contribution in [0, 0.1) is 23.7 Å². The molecule has 0 unspecified atom stereocenters. The smallest absolute Gasteiger partial charge is 0.0730 e. The number of aromatic nitrogens is 1. The standard InChI is InChI=1S/C46H65N3/c1-6-8-10-12-14-16-18-20-22-24-28-40-30-26-32-42(36-40)45-38-44(49(5)35-34-48(3)4)39-46(47-45)43-33-27-31-41(37-43)29-25-23-21-19-17-15-13-11-9-7-2/h26-27,30-33,36-39H,6-23,34-35H2,1-5H3. The highest BCUT2D eigenvalue weighted by Gasteiger charge is 2.11. The Morgan fingerprint density at radius 1 is 0.510 bits per heavy atom. The Labute approximate surface area is 301 Å². The fourth-order valence-corrected chi connectivity index (χ4v) is 6.05. The van der Waals surface area contributed by atoms with Gasteiger partial charge in [0.2, 0.25) is 0 Å². The van der Waals surface area contributed by atoms with Crippen LogP contribution in [0.5, 0.6) is 0 Å². The number of nitrogens with zero attached hydrogens (tertiary/aromatic N) is 3. The molecule has 0 saturated heterocycles. The summed E-state index contributed by atoms with van der Waals surface area (Å²) in [5.41, 5.74) is 7.43. The Balaban J connectivity index is 1.71. The Morgan fingerprint density at radius 2 is 0.939 bits per heavy atom. The van der Waals surface area contributed by atoms with Crippen LogP contribution in [0.4, 0.5) is 5.69 Å². The topological polar surface area (TPSA) is 19.4 Å². The van der Waals surface area contributed by atoms with E-state index in [-0.39, 0.29) is 0 Å². The molecule has 0 saturated carbocycles. The summed E-state index contributed by atoms with van der Waals surface area (Å²) in [6, 6.07) is 21.6. The molecular formula is C46H65N3. The number of hydrogen-bond donors (Lipinski definition) is 0. The van der Waals surface area contributed by atoms with Crippen LogP contribution < -0.4 is 4.90 Å². The van der Waals surface area contributed by atoms with Crippen LogP contribution in [-0.2, 0) is 0 Å². The van der Waals surface area contributed by atoms with E-state index < -0.39 is 0 Å². The first-order chi connectivity index (χ1) is 24.0. The van der Waals surface area contributed by atoms with E-state index in [0.717, 1.165) is 59.6 Å². The monoisotopic (exact) mass is 660 g/mol. The Morgan fingerprint density at radius 3 is 1.37 bits per heavy atom. The third-order valence-corrected chi connectivity index (χ3v) is 9.23. The Kier molecular flexibility index (Phi) is 20.0. The van der Waals surface area contributed by atoms with Crippen LogP contribution in [0.25, 0.3) is 22.5 Å². The van der Waals surface area contributed by atoms with Gasteiger partial charge in [-0.05, 0) is 63.3 Å². The van der Waals surface area contributed by atoms with Crippen molar-refractivity contribution in [1.29, 1.82) is 0 Å². The molecule has 1 heterocycles. The molecule has 0 radical (unpaired) electrons. The van der Waals surface area contributed by atoms with E-state index in [1.807, 2.05) is 0 Å². The van der Waals surface area contributed by atoms with Crippen molar-refractivity contribution in [3.05, 3.63) is 71.8 Å². The van der Waals surface area contributed by atoms with Gasteiger partial charge >= 0.3 is 0 Å². The molecule has 0 amide bonds. The van der Waals surface area contributed by atoms with E-state index in [9.17, 15) is 0 Å². The van der Waals surface area contributed by atoms with E-state index in [0.29, 0.717) is 0 Å². The highest BCUT2D eigenvalue weighted by atomic mass is 15.2. The summed E-state index contributed by atoms with van der Waals surface area (Å²) in [6.07, 6.45) is 23.2. The number of likely N-dealkylation sites (N-methyl/N-ethyl adjacent to an activating group) is 2. The molecule has 0 atom stereocenters. The van der Waals surface area contributed by atoms with Crippen LogP contribution in [-0.4, -0.2) is 44.1 Å². The van der Waals surface area contributed by atoms with Crippen molar-refractivity contribution >= 4 is 5.69 Å². The van der Waals surface area contributed by atoms with E-state index >= 15 is 0 Å². The summed E-state index contributed by atoms with van der Waals surface area (Å²) in [6.45, 7) is 6.48. The second kappa shape index (κ2) is 24.6. The maximum Gasteiger partial charge on any atom is 0.0730 e. The Bertz CT molecular complexity index is 1360. The summed E-state index contributed by atoms with van der Waals surface area (Å²) < 4.78 is 0. The maximum absolute atomic E-state index is 5.21. The van der Waals surface area contributed by atoms with Gasteiger partial charge in [0.15, 0.2) is 0 Å². The molecular weight excluding hydrogens is 595 g/mol. The molecule has 3 heteroatoms. The zero-order chi connectivity index (χ0) is 34.9. The molecule has 2 aromatic carbocycles. The summed E-state index contributed by atoms with van der Waals surface area (Å²) >= 11 is 0. The molecule has 3 nitrogen and oxygen atoms in total. The highest BCUT2D eigenvalue weighted by molar-refractivity contribution is 5.74. The van der Waals surface area contributed by atoms with Gasteiger partial charge in [-0.1, -0.05) is 152 Å². The van der Waals surface area contributed by atoms with E-state index in [4.69, 9.17) is 4.98 Å². The first-order valence-electron chi connectivity index (χ1n) is 19.6. The lowest BCUT2D eigenvalue weighted by atomic mass is 10.0. The van der Waals surface area contributed by atoms with Crippen molar-refractivity contribution in [2.24, 2.45) is 0 Å². The number of rotatable bonds is 22. The van der Waals surface area contributed by atoms with E-state index in [1.54, 1.807) is 0 Å². The largest absolute Gasteiger partial charge is 0.373 e. The predicted molar refractivity (Wildman–Crippen MR) is 215 cm³/mol. The van der Waals surface area contributed by atoms with Crippen LogP contribution >= 0.6 is 0 Å². The molecule has 0 aliphatic rings. The summed E-state index contributed by atoms with van der Waals surface area (Å²) in [5.74, 6) is 13.7. The van der Waals surface area contributed by atoms with Crippen molar-refractivity contribution in [2.45, 2.75) is 129 Å². The van der Waals surface area contributed by atoms with Gasteiger partial charge in [0, 0.05) is 60.9 Å². The summed E-state index contributed by atoms with van der Waals surface area (Å²) in [7, 11) is 6.42. The van der Waals surface area contributed by atoms with Crippen molar-refractivity contribution < 1.29 is 0 Å². The van der Waals surface area contributed by atoms with Gasteiger partial charge in [0.25, 0.3) is 0 Å². The van der Waals surface area contributed by atoms with Gasteiger partial charge in [-0.3, -0.25) is 0 Å². The molecule has 3 rings (SSSR count). The molecule has 0 fully saturated rings. The maximum atomic E-state index is 5.21. The third-order valence-electron chi connectivity index (χ3n) is 9.23. The summed E-state index contributed by atoms with van der Waals surface area (Å²) in [5, 5.41) is 0. The fraction of sp³-hybridized carbons (Fsp3) is 0.543. The molecule has 0 N–H and O–H groups in total. The van der Waals surface area contributed by atoms with Gasteiger partial charge < -0.3 is 9.80 Å². The van der Waals surface area contributed by atoms with Crippen LogP contribution in [0.15, 0.2) is 60.7 Å². The molecule has 49 heavy (non-hydrogen) atoms. The summed E-state index contributed by atoms with van der Waals surface area (Å²) in [4.78, 5) is 9.77. The zero-order valence-electron chi connectivity index (χ0n) is 31.8. The predicted octanol–water partition coefficient (Wildman–Crippen LogP) is 12.2. The first kappa shape index (κ1) is 39.9. The molecule has 3 aromatic rings. The van der Waals surface area contributed by atoms with Gasteiger partial charge in [-0.15, -0.1) is 0 Å². The molecule has 0 bridgehead atoms. The molecule has 1 aromatic heterocycles. The minimum absolute atomic E-state index is 0.935. The quantitative estimate of drug-likeness (QED) is 0.0790. The van der Waals surface area contributed by atoms with Crippen molar-refractivity contribution in [2.75, 3.05) is 39.1 Å². The number of pyridine rings is 1. The number of hydrogen-bond acceptors (Lipinski definition) is 3. The Hall–Kier alpha value is -3.53. The SMILES string of the molecule is CCCCCCCCCCC#Cc1cccc(-c2cc(N(C)CCN(C)C)cc(-c3cccc(C#CCCCCCCCCCC)c3)n2)c1. The highest BCUT2D eigenvalue weighted by Crippen LogP contribution is 2.29. The minimum atomic E-state index is 0.935. The minimum Gasteiger partial charge on any atom is -0.373 e. The van der Waals surface area contributed by atoms with Crippen LogP contribution in [0.1, 0.15) is 141 Å². The van der Waals surface area contributed by atoms with Crippen LogP contribution in [0.3, 0.4) is 0 Å². The van der Waals surface area contributed by atoms with Gasteiger partial charge in [0.05, 0.1) is 11.4 Å². The second-order valence-electron chi connectivity index (χ2n) is 14.0. The van der Waals surface area contributed by atoms with Crippen molar-refractivity contribution in [3.8, 4) is 46.2 Å². The lowest BCUT2D eigenvalue weighted by molar-refractivity contribution is 0.416. The third kappa shape index (κ3) is 16.6. The van der Waals surface area contributed by atoms with E-state index in [1.165, 1.54) is 108 Å². The normalized spacial score (nSPS) is 10.8. The van der Waals surface area contributed by atoms with E-state index in [2.05, 4.69) is 129 Å². The number of anilines is 1. The average molecular weight is 660 g/mol. The average Bonchev–Trinajstić information content (AvgIpc) is 3.12. The van der Waals surface area contributed by atoms with Crippen molar-refractivity contribution in [1.82, 2.24) is 9.88 Å². The second-order valence-corrected chi connectivity index (χ2v) is 14.0. The first-order valence-corrected chi connectivity index (χ1v) is 19.6. The number of benzene rings is 2. The van der Waals surface area contributed by atoms with Crippen molar-refractivity contribution in [3.63, 3.8) is 0 Å². The van der Waals surface area contributed by atoms with Gasteiger partial charge in [-0.2, -0.15) is 0 Å².